The number of aryl methyl sites for hydroxylation is 1. The lowest BCUT2D eigenvalue weighted by Crippen LogP contribution is -2.49. The number of carbonyl (C=O) groups excluding carboxylic acids is 1. The molecule has 1 N–H and O–H groups in total. The maximum Gasteiger partial charge on any atom is 0.416 e. The van der Waals surface area contributed by atoms with E-state index in [9.17, 15) is 18.0 Å². The third-order valence-corrected chi connectivity index (χ3v) is 4.47. The third kappa shape index (κ3) is 4.00. The summed E-state index contributed by atoms with van der Waals surface area (Å²) in [5, 5.41) is 6.94. The van der Waals surface area contributed by atoms with Crippen molar-refractivity contribution in [3.63, 3.8) is 0 Å². The van der Waals surface area contributed by atoms with Crippen LogP contribution >= 0.6 is 0 Å². The predicted molar refractivity (Wildman–Crippen MR) is 92.1 cm³/mol. The highest BCUT2D eigenvalue weighted by atomic mass is 19.4. The summed E-state index contributed by atoms with van der Waals surface area (Å²) in [6.07, 6.45) is -2.56. The minimum absolute atomic E-state index is 0.146. The van der Waals surface area contributed by atoms with E-state index in [1.54, 1.807) is 17.0 Å². The fourth-order valence-corrected chi connectivity index (χ4v) is 3.08. The number of piperazine rings is 1. The van der Waals surface area contributed by atoms with Crippen molar-refractivity contribution in [1.82, 2.24) is 15.1 Å². The topological polar surface area (TPSA) is 52.2 Å². The summed E-state index contributed by atoms with van der Waals surface area (Å²) in [7, 11) is 0. The molecule has 0 radical (unpaired) electrons. The molecule has 26 heavy (non-hydrogen) atoms. The lowest BCUT2D eigenvalue weighted by Gasteiger charge is -2.36. The molecule has 0 saturated carbocycles. The number of nitrogens with one attached hydrogen (secondary N) is 1. The Morgan fingerprint density at radius 1 is 1.19 bits per heavy atom. The van der Waals surface area contributed by atoms with Gasteiger partial charge < -0.3 is 9.80 Å². The largest absolute Gasteiger partial charge is 0.416 e. The van der Waals surface area contributed by atoms with Crippen LogP contribution in [0.1, 0.15) is 35.1 Å². The Morgan fingerprint density at radius 3 is 2.58 bits per heavy atom. The van der Waals surface area contributed by atoms with Crippen molar-refractivity contribution < 1.29 is 18.0 Å². The summed E-state index contributed by atoms with van der Waals surface area (Å²) in [5.74, 6) is -0.146. The van der Waals surface area contributed by atoms with E-state index in [0.717, 1.165) is 30.7 Å². The number of hydrogen-bond donors (Lipinski definition) is 1. The van der Waals surface area contributed by atoms with Gasteiger partial charge in [0.15, 0.2) is 0 Å². The molecule has 1 aromatic heterocycles. The van der Waals surface area contributed by atoms with E-state index >= 15 is 0 Å². The molecule has 1 amide bonds. The molecule has 1 aliphatic heterocycles. The van der Waals surface area contributed by atoms with Gasteiger partial charge in [-0.25, -0.2) is 0 Å². The number of benzene rings is 1. The zero-order chi connectivity index (χ0) is 18.7. The first-order valence-corrected chi connectivity index (χ1v) is 8.64. The molecule has 0 unspecified atom stereocenters. The first-order chi connectivity index (χ1) is 12.4. The number of amides is 1. The Morgan fingerprint density at radius 2 is 1.92 bits per heavy atom. The number of hydrogen-bond acceptors (Lipinski definition) is 3. The van der Waals surface area contributed by atoms with Crippen LogP contribution in [0.5, 0.6) is 0 Å². The number of aromatic amines is 1. The molecule has 1 aliphatic rings. The van der Waals surface area contributed by atoms with Crippen molar-refractivity contribution >= 4 is 11.6 Å². The maximum absolute atomic E-state index is 12.9. The maximum atomic E-state index is 12.9. The Hall–Kier alpha value is -2.51. The van der Waals surface area contributed by atoms with Crippen LogP contribution in [0.2, 0.25) is 0 Å². The number of rotatable bonds is 4. The molecule has 0 aliphatic carbocycles. The summed E-state index contributed by atoms with van der Waals surface area (Å²) < 4.78 is 38.6. The Balaban J connectivity index is 1.63. The van der Waals surface area contributed by atoms with Crippen LogP contribution in [0.15, 0.2) is 30.3 Å². The van der Waals surface area contributed by atoms with Crippen LogP contribution in [-0.2, 0) is 12.6 Å². The van der Waals surface area contributed by atoms with Crippen molar-refractivity contribution in [3.8, 4) is 0 Å². The molecule has 0 spiro atoms. The molecule has 3 rings (SSSR count). The van der Waals surface area contributed by atoms with Gasteiger partial charge in [0.25, 0.3) is 5.91 Å². The van der Waals surface area contributed by atoms with E-state index in [2.05, 4.69) is 17.1 Å². The number of alkyl halides is 3. The van der Waals surface area contributed by atoms with E-state index in [1.807, 2.05) is 4.90 Å². The number of halogens is 3. The van der Waals surface area contributed by atoms with Crippen LogP contribution in [0, 0.1) is 0 Å². The fraction of sp³-hybridized carbons (Fsp3) is 0.444. The van der Waals surface area contributed by atoms with Crippen LogP contribution < -0.4 is 4.90 Å². The van der Waals surface area contributed by atoms with E-state index in [1.165, 1.54) is 6.07 Å². The molecule has 5 nitrogen and oxygen atoms in total. The molecule has 8 heteroatoms. The summed E-state index contributed by atoms with van der Waals surface area (Å²) >= 11 is 0. The summed E-state index contributed by atoms with van der Waals surface area (Å²) in [6, 6.07) is 7.06. The van der Waals surface area contributed by atoms with Gasteiger partial charge in [-0.2, -0.15) is 18.3 Å². The highest BCUT2D eigenvalue weighted by Gasteiger charge is 2.31. The van der Waals surface area contributed by atoms with Crippen LogP contribution in [0.3, 0.4) is 0 Å². The normalized spacial score (nSPS) is 15.4. The first kappa shape index (κ1) is 18.3. The third-order valence-electron chi connectivity index (χ3n) is 4.47. The first-order valence-electron chi connectivity index (χ1n) is 8.64. The molecular weight excluding hydrogens is 345 g/mol. The van der Waals surface area contributed by atoms with Crippen molar-refractivity contribution in [2.24, 2.45) is 0 Å². The number of H-pyrrole nitrogens is 1. The monoisotopic (exact) mass is 366 g/mol. The average Bonchev–Trinajstić information content (AvgIpc) is 3.10. The number of aromatic nitrogens is 2. The van der Waals surface area contributed by atoms with Gasteiger partial charge >= 0.3 is 6.18 Å². The van der Waals surface area contributed by atoms with Gasteiger partial charge in [0.1, 0.15) is 5.69 Å². The van der Waals surface area contributed by atoms with Crippen LogP contribution in [0.25, 0.3) is 0 Å². The fourth-order valence-electron chi connectivity index (χ4n) is 3.08. The van der Waals surface area contributed by atoms with Gasteiger partial charge in [0, 0.05) is 37.6 Å². The summed E-state index contributed by atoms with van der Waals surface area (Å²) in [6.45, 7) is 3.92. The molecule has 140 valence electrons. The highest BCUT2D eigenvalue weighted by Crippen LogP contribution is 2.31. The van der Waals surface area contributed by atoms with Crippen LogP contribution in [-0.4, -0.2) is 47.2 Å². The highest BCUT2D eigenvalue weighted by molar-refractivity contribution is 5.92. The van der Waals surface area contributed by atoms with Gasteiger partial charge in [-0.3, -0.25) is 9.89 Å². The predicted octanol–water partition coefficient (Wildman–Crippen LogP) is 3.34. The van der Waals surface area contributed by atoms with Gasteiger partial charge in [0.2, 0.25) is 0 Å². The lowest BCUT2D eigenvalue weighted by molar-refractivity contribution is -0.137. The van der Waals surface area contributed by atoms with Crippen molar-refractivity contribution in [1.29, 1.82) is 0 Å². The Bertz CT molecular complexity index is 764. The standard InChI is InChI=1S/C18H21F3N4O/c1-2-4-14-12-16(23-22-14)17(26)25-9-7-24(8-10-25)15-6-3-5-13(11-15)18(19,20)21/h3,5-6,11-12H,2,4,7-10H2,1H3,(H,22,23). The smallest absolute Gasteiger partial charge is 0.368 e. The average molecular weight is 366 g/mol. The molecule has 2 aromatic rings. The van der Waals surface area contributed by atoms with Crippen LogP contribution in [0.4, 0.5) is 18.9 Å². The lowest BCUT2D eigenvalue weighted by atomic mass is 10.1. The van der Waals surface area contributed by atoms with E-state index in [4.69, 9.17) is 0 Å². The zero-order valence-corrected chi connectivity index (χ0v) is 14.5. The van der Waals surface area contributed by atoms with E-state index < -0.39 is 11.7 Å². The SMILES string of the molecule is CCCc1cc(C(=O)N2CCN(c3cccc(C(F)(F)F)c3)CC2)n[nH]1. The van der Waals surface area contributed by atoms with Gasteiger partial charge in [-0.15, -0.1) is 0 Å². The quantitative estimate of drug-likeness (QED) is 0.903. The summed E-state index contributed by atoms with van der Waals surface area (Å²) in [4.78, 5) is 16.1. The number of carbonyl (C=O) groups is 1. The molecule has 0 atom stereocenters. The minimum Gasteiger partial charge on any atom is -0.368 e. The zero-order valence-electron chi connectivity index (χ0n) is 14.5. The Kier molecular flexibility index (Phi) is 5.20. The molecular formula is C18H21F3N4O. The molecule has 1 fully saturated rings. The molecule has 1 saturated heterocycles. The second-order valence-corrected chi connectivity index (χ2v) is 6.36. The van der Waals surface area contributed by atoms with Crippen molar-refractivity contribution in [2.45, 2.75) is 25.9 Å². The van der Waals surface area contributed by atoms with Crippen molar-refractivity contribution in [2.75, 3.05) is 31.1 Å². The van der Waals surface area contributed by atoms with Gasteiger partial charge in [-0.05, 0) is 30.7 Å². The second kappa shape index (κ2) is 7.39. The molecule has 0 bridgehead atoms. The van der Waals surface area contributed by atoms with Gasteiger partial charge in [-0.1, -0.05) is 19.4 Å². The van der Waals surface area contributed by atoms with E-state index in [-0.39, 0.29) is 5.91 Å². The Labute approximate surface area is 149 Å². The summed E-state index contributed by atoms with van der Waals surface area (Å²) in [5.41, 5.74) is 1.19. The van der Waals surface area contributed by atoms with E-state index in [0.29, 0.717) is 37.6 Å². The number of anilines is 1. The second-order valence-electron chi connectivity index (χ2n) is 6.36. The molecule has 2 heterocycles. The van der Waals surface area contributed by atoms with Crippen molar-refractivity contribution in [3.05, 3.63) is 47.3 Å². The van der Waals surface area contributed by atoms with Gasteiger partial charge in [0.05, 0.1) is 5.56 Å². The number of nitrogens with zero attached hydrogens (tertiary/aromatic N) is 3. The minimum atomic E-state index is -4.36. The molecule has 1 aromatic carbocycles.